The van der Waals surface area contributed by atoms with E-state index < -0.39 is 0 Å². The lowest BCUT2D eigenvalue weighted by Gasteiger charge is -2.10. The number of rotatable bonds is 2. The second-order valence-corrected chi connectivity index (χ2v) is 4.11. The van der Waals surface area contributed by atoms with Crippen molar-refractivity contribution in [3.63, 3.8) is 0 Å². The van der Waals surface area contributed by atoms with Crippen molar-refractivity contribution in [3.05, 3.63) is 35.4 Å². The molecule has 0 amide bonds. The molecule has 2 heteroatoms. The topological polar surface area (TPSA) is 46.2 Å². The molecule has 0 heterocycles. The van der Waals surface area contributed by atoms with E-state index in [9.17, 15) is 5.11 Å². The zero-order valence-electron chi connectivity index (χ0n) is 8.32. The number of aliphatic hydroxyl groups is 1. The molecule has 2 atom stereocenters. The van der Waals surface area contributed by atoms with Crippen LogP contribution in [0.25, 0.3) is 0 Å². The summed E-state index contributed by atoms with van der Waals surface area (Å²) in [5.74, 6) is 0.538. The maximum Gasteiger partial charge on any atom is 0.0546 e. The minimum absolute atomic E-state index is 0.0958. The molecule has 0 saturated heterocycles. The molecule has 1 aliphatic rings. The maximum atomic E-state index is 9.46. The van der Waals surface area contributed by atoms with Crippen LogP contribution >= 0.6 is 0 Å². The Balaban J connectivity index is 2.15. The van der Waals surface area contributed by atoms with Crippen LogP contribution in [0.15, 0.2) is 24.3 Å². The van der Waals surface area contributed by atoms with E-state index in [0.29, 0.717) is 12.5 Å². The summed E-state index contributed by atoms with van der Waals surface area (Å²) >= 11 is 0. The van der Waals surface area contributed by atoms with Gasteiger partial charge in [-0.05, 0) is 36.3 Å². The molecule has 0 bridgehead atoms. The third kappa shape index (κ3) is 1.97. The van der Waals surface area contributed by atoms with E-state index >= 15 is 0 Å². The summed E-state index contributed by atoms with van der Waals surface area (Å²) in [6.45, 7) is 0.600. The SMILES string of the molecule is NCc1cccc(C2CCC(O)C2)c1. The number of hydrogen-bond acceptors (Lipinski definition) is 2. The quantitative estimate of drug-likeness (QED) is 0.748. The molecule has 2 unspecified atom stereocenters. The molecule has 2 nitrogen and oxygen atoms in total. The van der Waals surface area contributed by atoms with E-state index in [-0.39, 0.29) is 6.10 Å². The fraction of sp³-hybridized carbons (Fsp3) is 0.500. The number of hydrogen-bond donors (Lipinski definition) is 2. The van der Waals surface area contributed by atoms with Gasteiger partial charge in [0.05, 0.1) is 6.10 Å². The molecule has 0 aromatic heterocycles. The van der Waals surface area contributed by atoms with Crippen molar-refractivity contribution in [1.82, 2.24) is 0 Å². The Bertz CT molecular complexity index is 311. The molecule has 2 rings (SSSR count). The van der Waals surface area contributed by atoms with E-state index in [1.165, 1.54) is 11.1 Å². The molecule has 0 radical (unpaired) electrons. The summed E-state index contributed by atoms with van der Waals surface area (Å²) in [4.78, 5) is 0. The van der Waals surface area contributed by atoms with Crippen molar-refractivity contribution >= 4 is 0 Å². The molecular formula is C12H17NO. The monoisotopic (exact) mass is 191 g/mol. The molecule has 1 aliphatic carbocycles. The first-order valence-electron chi connectivity index (χ1n) is 5.26. The van der Waals surface area contributed by atoms with Gasteiger partial charge in [0.15, 0.2) is 0 Å². The first-order chi connectivity index (χ1) is 6.79. The second kappa shape index (κ2) is 4.11. The Morgan fingerprint density at radius 3 is 2.86 bits per heavy atom. The van der Waals surface area contributed by atoms with Gasteiger partial charge in [0.1, 0.15) is 0 Å². The van der Waals surface area contributed by atoms with Crippen LogP contribution in [-0.4, -0.2) is 11.2 Å². The van der Waals surface area contributed by atoms with Crippen molar-refractivity contribution in [2.75, 3.05) is 0 Å². The molecule has 0 spiro atoms. The van der Waals surface area contributed by atoms with Gasteiger partial charge in [-0.3, -0.25) is 0 Å². The Labute approximate surface area is 84.7 Å². The van der Waals surface area contributed by atoms with Crippen LogP contribution < -0.4 is 5.73 Å². The van der Waals surface area contributed by atoms with E-state index in [0.717, 1.165) is 19.3 Å². The lowest BCUT2D eigenvalue weighted by atomic mass is 9.96. The highest BCUT2D eigenvalue weighted by Crippen LogP contribution is 2.34. The molecule has 3 N–H and O–H groups in total. The lowest BCUT2D eigenvalue weighted by molar-refractivity contribution is 0.181. The predicted molar refractivity (Wildman–Crippen MR) is 56.9 cm³/mol. The molecule has 14 heavy (non-hydrogen) atoms. The predicted octanol–water partition coefficient (Wildman–Crippen LogP) is 1.77. The minimum atomic E-state index is -0.0958. The highest BCUT2D eigenvalue weighted by molar-refractivity contribution is 5.27. The maximum absolute atomic E-state index is 9.46. The van der Waals surface area contributed by atoms with E-state index in [1.807, 2.05) is 0 Å². The Kier molecular flexibility index (Phi) is 2.85. The standard InChI is InChI=1S/C12H17NO/c13-8-9-2-1-3-10(6-9)11-4-5-12(14)7-11/h1-3,6,11-12,14H,4-5,7-8,13H2. The van der Waals surface area contributed by atoms with Crippen molar-refractivity contribution < 1.29 is 5.11 Å². The number of benzene rings is 1. The first-order valence-corrected chi connectivity index (χ1v) is 5.26. The van der Waals surface area contributed by atoms with Gasteiger partial charge in [-0.1, -0.05) is 24.3 Å². The summed E-state index contributed by atoms with van der Waals surface area (Å²) in [5, 5.41) is 9.46. The van der Waals surface area contributed by atoms with Gasteiger partial charge in [-0.2, -0.15) is 0 Å². The van der Waals surface area contributed by atoms with Crippen LogP contribution in [0.3, 0.4) is 0 Å². The van der Waals surface area contributed by atoms with Crippen LogP contribution in [0, 0.1) is 0 Å². The van der Waals surface area contributed by atoms with Gasteiger partial charge < -0.3 is 10.8 Å². The molecule has 1 aromatic carbocycles. The second-order valence-electron chi connectivity index (χ2n) is 4.11. The van der Waals surface area contributed by atoms with Crippen LogP contribution in [0.1, 0.15) is 36.3 Å². The molecule has 0 aliphatic heterocycles. The highest BCUT2D eigenvalue weighted by atomic mass is 16.3. The molecule has 1 fully saturated rings. The average molecular weight is 191 g/mol. The normalized spacial score (nSPS) is 26.7. The summed E-state index contributed by atoms with van der Waals surface area (Å²) in [6.07, 6.45) is 2.86. The van der Waals surface area contributed by atoms with Crippen LogP contribution in [0.5, 0.6) is 0 Å². The van der Waals surface area contributed by atoms with Gasteiger partial charge in [0, 0.05) is 6.54 Å². The molecule has 76 valence electrons. The highest BCUT2D eigenvalue weighted by Gasteiger charge is 2.23. The molecular weight excluding hydrogens is 174 g/mol. The van der Waals surface area contributed by atoms with Crippen molar-refractivity contribution in [2.45, 2.75) is 37.8 Å². The fourth-order valence-electron chi connectivity index (χ4n) is 2.23. The van der Waals surface area contributed by atoms with Gasteiger partial charge in [-0.25, -0.2) is 0 Å². The van der Waals surface area contributed by atoms with Crippen LogP contribution in [-0.2, 0) is 6.54 Å². The zero-order valence-corrected chi connectivity index (χ0v) is 8.32. The average Bonchev–Trinajstić information content (AvgIpc) is 2.65. The van der Waals surface area contributed by atoms with Crippen molar-refractivity contribution in [3.8, 4) is 0 Å². The lowest BCUT2D eigenvalue weighted by Crippen LogP contribution is -2.01. The van der Waals surface area contributed by atoms with Gasteiger partial charge in [0.25, 0.3) is 0 Å². The van der Waals surface area contributed by atoms with Gasteiger partial charge in [-0.15, -0.1) is 0 Å². The number of nitrogens with two attached hydrogens (primary N) is 1. The van der Waals surface area contributed by atoms with E-state index in [2.05, 4.69) is 24.3 Å². The van der Waals surface area contributed by atoms with Crippen LogP contribution in [0.2, 0.25) is 0 Å². The summed E-state index contributed by atoms with van der Waals surface area (Å²) in [7, 11) is 0. The molecule has 1 saturated carbocycles. The Morgan fingerprint density at radius 1 is 1.36 bits per heavy atom. The number of aliphatic hydroxyl groups excluding tert-OH is 1. The summed E-state index contributed by atoms with van der Waals surface area (Å²) in [6, 6.07) is 8.42. The summed E-state index contributed by atoms with van der Waals surface area (Å²) in [5.41, 5.74) is 8.12. The largest absolute Gasteiger partial charge is 0.393 e. The Morgan fingerprint density at radius 2 is 2.21 bits per heavy atom. The van der Waals surface area contributed by atoms with E-state index in [1.54, 1.807) is 0 Å². The minimum Gasteiger partial charge on any atom is -0.393 e. The third-order valence-corrected chi connectivity index (χ3v) is 3.06. The van der Waals surface area contributed by atoms with Gasteiger partial charge >= 0.3 is 0 Å². The third-order valence-electron chi connectivity index (χ3n) is 3.06. The Hall–Kier alpha value is -0.860. The first kappa shape index (κ1) is 9.69. The van der Waals surface area contributed by atoms with E-state index in [4.69, 9.17) is 5.73 Å². The van der Waals surface area contributed by atoms with Crippen molar-refractivity contribution in [2.24, 2.45) is 5.73 Å². The zero-order chi connectivity index (χ0) is 9.97. The summed E-state index contributed by atoms with van der Waals surface area (Å²) < 4.78 is 0. The van der Waals surface area contributed by atoms with Crippen molar-refractivity contribution in [1.29, 1.82) is 0 Å². The van der Waals surface area contributed by atoms with Gasteiger partial charge in [0.2, 0.25) is 0 Å². The molecule has 1 aromatic rings. The smallest absolute Gasteiger partial charge is 0.0546 e. The van der Waals surface area contributed by atoms with Crippen LogP contribution in [0.4, 0.5) is 0 Å². The fourth-order valence-corrected chi connectivity index (χ4v) is 2.23.